The Kier molecular flexibility index (Phi) is 4.91. The molecule has 2 amide bonds. The summed E-state index contributed by atoms with van der Waals surface area (Å²) in [6.07, 6.45) is 6.55. The lowest BCUT2D eigenvalue weighted by atomic mass is 9.82. The molecule has 0 bridgehead atoms. The van der Waals surface area contributed by atoms with Gasteiger partial charge in [-0.2, -0.15) is 11.8 Å². The van der Waals surface area contributed by atoms with Crippen LogP contribution in [0.4, 0.5) is 0 Å². The van der Waals surface area contributed by atoms with Crippen molar-refractivity contribution in [3.05, 3.63) is 0 Å². The average Bonchev–Trinajstić information content (AvgIpc) is 2.42. The minimum absolute atomic E-state index is 0.0131. The highest BCUT2D eigenvalue weighted by atomic mass is 32.2. The molecule has 0 spiro atoms. The smallest absolute Gasteiger partial charge is 0.246 e. The maximum absolute atomic E-state index is 12.9. The lowest BCUT2D eigenvalue weighted by Crippen LogP contribution is -2.68. The summed E-state index contributed by atoms with van der Waals surface area (Å²) < 4.78 is 0. The van der Waals surface area contributed by atoms with Gasteiger partial charge in [0.2, 0.25) is 11.8 Å². The average molecular weight is 312 g/mol. The van der Waals surface area contributed by atoms with Gasteiger partial charge in [0.05, 0.1) is 0 Å². The van der Waals surface area contributed by atoms with Crippen LogP contribution in [-0.2, 0) is 9.59 Å². The van der Waals surface area contributed by atoms with Crippen molar-refractivity contribution in [3.63, 3.8) is 0 Å². The Morgan fingerprint density at radius 3 is 2.48 bits per heavy atom. The van der Waals surface area contributed by atoms with Gasteiger partial charge in [0, 0.05) is 11.3 Å². The number of amides is 2. The number of hydrogen-bond donors (Lipinski definition) is 1. The third-order valence-electron chi connectivity index (χ3n) is 4.78. The topological polar surface area (TPSA) is 49.4 Å². The first kappa shape index (κ1) is 16.7. The molecule has 1 heterocycles. The molecule has 4 nitrogen and oxygen atoms in total. The molecule has 0 aromatic rings. The highest BCUT2D eigenvalue weighted by molar-refractivity contribution is 7.99. The van der Waals surface area contributed by atoms with Crippen LogP contribution in [0.25, 0.3) is 0 Å². The van der Waals surface area contributed by atoms with Crippen molar-refractivity contribution in [2.24, 2.45) is 5.41 Å². The predicted octanol–water partition coefficient (Wildman–Crippen LogP) is 2.42. The van der Waals surface area contributed by atoms with Gasteiger partial charge in [0.15, 0.2) is 0 Å². The number of rotatable bonds is 2. The number of thioether (sulfide) groups is 1. The molecule has 1 saturated heterocycles. The van der Waals surface area contributed by atoms with E-state index in [4.69, 9.17) is 0 Å². The van der Waals surface area contributed by atoms with E-state index in [0.29, 0.717) is 5.25 Å². The summed E-state index contributed by atoms with van der Waals surface area (Å²) in [4.78, 5) is 27.1. The second kappa shape index (κ2) is 6.19. The number of hydrogen-bond acceptors (Lipinski definition) is 3. The molecule has 1 aliphatic carbocycles. The molecular formula is C16H28N2O2S. The van der Waals surface area contributed by atoms with Gasteiger partial charge in [-0.25, -0.2) is 0 Å². The maximum atomic E-state index is 12.9. The molecule has 21 heavy (non-hydrogen) atoms. The van der Waals surface area contributed by atoms with E-state index >= 15 is 0 Å². The number of carbonyl (C=O) groups excluding carboxylic acids is 2. The van der Waals surface area contributed by atoms with E-state index in [2.05, 4.69) is 11.6 Å². The number of nitrogens with zero attached hydrogens (tertiary/aromatic N) is 1. The van der Waals surface area contributed by atoms with Gasteiger partial charge in [-0.15, -0.1) is 0 Å². The normalized spacial score (nSPS) is 34.8. The third-order valence-corrected chi connectivity index (χ3v) is 5.87. The lowest BCUT2D eigenvalue weighted by Gasteiger charge is -2.47. The summed E-state index contributed by atoms with van der Waals surface area (Å²) in [7, 11) is 0. The standard InChI is InChI=1S/C16H28N2O2S/c1-10-14(19)17-13(16(2,3)4)15(20)18(10)11-7-6-8-12(9-11)21-5/h10-13H,6-9H2,1-5H3,(H,17,19). The third kappa shape index (κ3) is 3.38. The van der Waals surface area contributed by atoms with Crippen molar-refractivity contribution in [3.8, 4) is 0 Å². The molecule has 2 rings (SSSR count). The molecule has 2 aliphatic rings. The van der Waals surface area contributed by atoms with E-state index in [1.807, 2.05) is 44.4 Å². The van der Waals surface area contributed by atoms with E-state index in [1.54, 1.807) is 0 Å². The summed E-state index contributed by atoms with van der Waals surface area (Å²) >= 11 is 1.88. The lowest BCUT2D eigenvalue weighted by molar-refractivity contribution is -0.155. The van der Waals surface area contributed by atoms with Gasteiger partial charge in [-0.1, -0.05) is 27.2 Å². The molecule has 0 radical (unpaired) electrons. The van der Waals surface area contributed by atoms with Crippen LogP contribution in [0.2, 0.25) is 0 Å². The summed E-state index contributed by atoms with van der Waals surface area (Å²) in [5.74, 6) is 0.0853. The molecule has 1 N–H and O–H groups in total. The Morgan fingerprint density at radius 1 is 1.24 bits per heavy atom. The molecule has 1 aliphatic heterocycles. The van der Waals surface area contributed by atoms with Gasteiger partial charge < -0.3 is 10.2 Å². The summed E-state index contributed by atoms with van der Waals surface area (Å²) in [5.41, 5.74) is -0.251. The van der Waals surface area contributed by atoms with Crippen LogP contribution in [0, 0.1) is 5.41 Å². The van der Waals surface area contributed by atoms with Crippen LogP contribution in [0.3, 0.4) is 0 Å². The molecular weight excluding hydrogens is 284 g/mol. The fourth-order valence-corrected chi connectivity index (χ4v) is 4.28. The van der Waals surface area contributed by atoms with Gasteiger partial charge in [-0.05, 0) is 37.9 Å². The first-order valence-corrected chi connectivity index (χ1v) is 9.20. The zero-order valence-electron chi connectivity index (χ0n) is 13.8. The van der Waals surface area contributed by atoms with E-state index in [1.165, 1.54) is 6.42 Å². The first-order valence-electron chi connectivity index (χ1n) is 7.91. The van der Waals surface area contributed by atoms with Crippen LogP contribution in [-0.4, -0.2) is 46.3 Å². The molecule has 0 aromatic carbocycles. The van der Waals surface area contributed by atoms with Gasteiger partial charge in [0.1, 0.15) is 12.1 Å². The minimum Gasteiger partial charge on any atom is -0.342 e. The maximum Gasteiger partial charge on any atom is 0.246 e. The summed E-state index contributed by atoms with van der Waals surface area (Å²) in [6.45, 7) is 7.88. The fraction of sp³-hybridized carbons (Fsp3) is 0.875. The zero-order valence-corrected chi connectivity index (χ0v) is 14.6. The van der Waals surface area contributed by atoms with Crippen molar-refractivity contribution >= 4 is 23.6 Å². The van der Waals surface area contributed by atoms with Crippen LogP contribution >= 0.6 is 11.8 Å². The quantitative estimate of drug-likeness (QED) is 0.852. The second-order valence-electron chi connectivity index (χ2n) is 7.41. The van der Waals surface area contributed by atoms with Crippen molar-refractivity contribution in [1.29, 1.82) is 0 Å². The molecule has 0 aromatic heterocycles. The van der Waals surface area contributed by atoms with Gasteiger partial charge in [0.25, 0.3) is 0 Å². The second-order valence-corrected chi connectivity index (χ2v) is 8.55. The minimum atomic E-state index is -0.407. The number of piperazine rings is 1. The largest absolute Gasteiger partial charge is 0.342 e. The van der Waals surface area contributed by atoms with E-state index in [0.717, 1.165) is 19.3 Å². The van der Waals surface area contributed by atoms with Gasteiger partial charge >= 0.3 is 0 Å². The molecule has 4 unspecified atom stereocenters. The monoisotopic (exact) mass is 312 g/mol. The van der Waals surface area contributed by atoms with Crippen LogP contribution in [0.1, 0.15) is 53.4 Å². The van der Waals surface area contributed by atoms with E-state index < -0.39 is 6.04 Å². The Bertz CT molecular complexity index is 419. The Morgan fingerprint density at radius 2 is 1.90 bits per heavy atom. The molecule has 5 heteroatoms. The van der Waals surface area contributed by atoms with Crippen molar-refractivity contribution in [1.82, 2.24) is 10.2 Å². The molecule has 120 valence electrons. The van der Waals surface area contributed by atoms with Crippen molar-refractivity contribution < 1.29 is 9.59 Å². The van der Waals surface area contributed by atoms with E-state index in [-0.39, 0.29) is 29.3 Å². The summed E-state index contributed by atoms with van der Waals surface area (Å²) in [6, 6.07) is -0.535. The first-order chi connectivity index (χ1) is 9.75. The predicted molar refractivity (Wildman–Crippen MR) is 87.3 cm³/mol. The van der Waals surface area contributed by atoms with Crippen LogP contribution < -0.4 is 5.32 Å². The Hall–Kier alpha value is -0.710. The molecule has 4 atom stereocenters. The number of nitrogens with one attached hydrogen (secondary N) is 1. The summed E-state index contributed by atoms with van der Waals surface area (Å²) in [5, 5.41) is 3.53. The van der Waals surface area contributed by atoms with E-state index in [9.17, 15) is 9.59 Å². The molecule has 1 saturated carbocycles. The molecule has 2 fully saturated rings. The van der Waals surface area contributed by atoms with Crippen LogP contribution in [0.5, 0.6) is 0 Å². The fourth-order valence-electron chi connectivity index (χ4n) is 3.46. The SMILES string of the molecule is CSC1CCCC(N2C(=O)C(C(C)(C)C)NC(=O)C2C)C1. The van der Waals surface area contributed by atoms with Crippen molar-refractivity contribution in [2.45, 2.75) is 76.8 Å². The highest BCUT2D eigenvalue weighted by Gasteiger charge is 2.46. The van der Waals surface area contributed by atoms with Crippen LogP contribution in [0.15, 0.2) is 0 Å². The van der Waals surface area contributed by atoms with Gasteiger partial charge in [-0.3, -0.25) is 9.59 Å². The Labute approximate surface area is 132 Å². The zero-order chi connectivity index (χ0) is 15.8. The van der Waals surface area contributed by atoms with Crippen molar-refractivity contribution in [2.75, 3.05) is 6.26 Å². The Balaban J connectivity index is 2.22. The highest BCUT2D eigenvalue weighted by Crippen LogP contribution is 2.34. The number of carbonyl (C=O) groups is 2.